The first-order valence-corrected chi connectivity index (χ1v) is 8.04. The normalized spacial score (nSPS) is 11.6. The van der Waals surface area contributed by atoms with Crippen molar-refractivity contribution in [2.45, 2.75) is 6.92 Å². The van der Waals surface area contributed by atoms with Crippen molar-refractivity contribution < 1.29 is 4.42 Å². The Bertz CT molecular complexity index is 985. The summed E-state index contributed by atoms with van der Waals surface area (Å²) in [5.41, 5.74) is 3.73. The average molecular weight is 406 g/mol. The predicted octanol–water partition coefficient (Wildman–Crippen LogP) is 5.58. The second-order valence-electron chi connectivity index (χ2n) is 4.91. The molecule has 0 saturated heterocycles. The SMILES string of the molecule is Cc1c(Br)ccc2nc(-c3cc4cc(Br)ccc4o3)cn12. The van der Waals surface area contributed by atoms with Crippen molar-refractivity contribution in [2.24, 2.45) is 0 Å². The summed E-state index contributed by atoms with van der Waals surface area (Å²) in [6.07, 6.45) is 2.00. The number of hydrogen-bond donors (Lipinski definition) is 0. The van der Waals surface area contributed by atoms with Crippen molar-refractivity contribution >= 4 is 48.5 Å². The van der Waals surface area contributed by atoms with Gasteiger partial charge in [-0.2, -0.15) is 0 Å². The van der Waals surface area contributed by atoms with Gasteiger partial charge in [0, 0.05) is 26.2 Å². The van der Waals surface area contributed by atoms with Gasteiger partial charge in [-0.25, -0.2) is 4.98 Å². The van der Waals surface area contributed by atoms with Crippen molar-refractivity contribution in [2.75, 3.05) is 0 Å². The molecule has 3 heterocycles. The summed E-state index contributed by atoms with van der Waals surface area (Å²) in [6, 6.07) is 12.0. The number of fused-ring (bicyclic) bond motifs is 2. The minimum absolute atomic E-state index is 0.780. The van der Waals surface area contributed by atoms with Crippen LogP contribution in [0.25, 0.3) is 28.1 Å². The van der Waals surface area contributed by atoms with Crippen molar-refractivity contribution in [3.05, 3.63) is 57.2 Å². The molecular formula is C16H10Br2N2O. The van der Waals surface area contributed by atoms with Gasteiger partial charge in [-0.3, -0.25) is 0 Å². The number of aromatic nitrogens is 2. The van der Waals surface area contributed by atoms with E-state index in [1.807, 2.05) is 42.6 Å². The maximum absolute atomic E-state index is 5.90. The minimum Gasteiger partial charge on any atom is -0.454 e. The number of rotatable bonds is 1. The standard InChI is InChI=1S/C16H10Br2N2O/c1-9-12(18)3-5-16-19-13(8-20(9)16)15-7-10-6-11(17)2-4-14(10)21-15/h2-8H,1H3. The molecule has 4 rings (SSSR count). The van der Waals surface area contributed by atoms with E-state index < -0.39 is 0 Å². The van der Waals surface area contributed by atoms with Crippen molar-refractivity contribution in [1.82, 2.24) is 9.38 Å². The zero-order valence-electron chi connectivity index (χ0n) is 11.1. The fourth-order valence-corrected chi connectivity index (χ4v) is 3.13. The summed E-state index contributed by atoms with van der Waals surface area (Å²) in [5.74, 6) is 0.780. The van der Waals surface area contributed by atoms with Crippen LogP contribution in [0.2, 0.25) is 0 Å². The number of benzene rings is 1. The fourth-order valence-electron chi connectivity index (χ4n) is 2.42. The largest absolute Gasteiger partial charge is 0.454 e. The molecule has 0 aliphatic heterocycles. The molecule has 1 aromatic carbocycles. The first kappa shape index (κ1) is 13.1. The van der Waals surface area contributed by atoms with Crippen LogP contribution in [0.3, 0.4) is 0 Å². The molecule has 0 saturated carbocycles. The summed E-state index contributed by atoms with van der Waals surface area (Å²) in [4.78, 5) is 4.64. The molecule has 0 fully saturated rings. The Kier molecular flexibility index (Phi) is 2.94. The van der Waals surface area contributed by atoms with Crippen LogP contribution in [-0.2, 0) is 0 Å². The van der Waals surface area contributed by atoms with E-state index in [9.17, 15) is 0 Å². The molecule has 0 aliphatic rings. The molecule has 21 heavy (non-hydrogen) atoms. The highest BCUT2D eigenvalue weighted by Gasteiger charge is 2.12. The lowest BCUT2D eigenvalue weighted by atomic mass is 10.2. The van der Waals surface area contributed by atoms with Gasteiger partial charge in [0.05, 0.1) is 0 Å². The first-order chi connectivity index (χ1) is 10.1. The molecule has 104 valence electrons. The molecule has 0 atom stereocenters. The molecule has 0 unspecified atom stereocenters. The van der Waals surface area contributed by atoms with Gasteiger partial charge in [0.1, 0.15) is 16.9 Å². The van der Waals surface area contributed by atoms with Crippen LogP contribution in [0.1, 0.15) is 5.69 Å². The Balaban J connectivity index is 1.93. The van der Waals surface area contributed by atoms with Crippen molar-refractivity contribution in [1.29, 1.82) is 0 Å². The van der Waals surface area contributed by atoms with Crippen molar-refractivity contribution in [3.8, 4) is 11.5 Å². The molecule has 0 amide bonds. The zero-order chi connectivity index (χ0) is 14.6. The Hall–Kier alpha value is -1.59. The summed E-state index contributed by atoms with van der Waals surface area (Å²) in [6.45, 7) is 2.05. The van der Waals surface area contributed by atoms with Gasteiger partial charge in [0.25, 0.3) is 0 Å². The first-order valence-electron chi connectivity index (χ1n) is 6.45. The van der Waals surface area contributed by atoms with Gasteiger partial charge in [-0.15, -0.1) is 0 Å². The number of pyridine rings is 1. The molecule has 3 nitrogen and oxygen atoms in total. The van der Waals surface area contributed by atoms with E-state index in [1.165, 1.54) is 0 Å². The molecule has 5 heteroatoms. The maximum Gasteiger partial charge on any atom is 0.155 e. The predicted molar refractivity (Wildman–Crippen MR) is 90.5 cm³/mol. The Morgan fingerprint density at radius 2 is 1.95 bits per heavy atom. The number of aryl methyl sites for hydroxylation is 1. The topological polar surface area (TPSA) is 30.4 Å². The summed E-state index contributed by atoms with van der Waals surface area (Å²) in [5, 5.41) is 1.06. The molecule has 0 N–H and O–H groups in total. The smallest absolute Gasteiger partial charge is 0.155 e. The number of nitrogens with zero attached hydrogens (tertiary/aromatic N) is 2. The van der Waals surface area contributed by atoms with Gasteiger partial charge >= 0.3 is 0 Å². The lowest BCUT2D eigenvalue weighted by Crippen LogP contribution is -1.89. The monoisotopic (exact) mass is 404 g/mol. The van der Waals surface area contributed by atoms with E-state index in [4.69, 9.17) is 4.42 Å². The second kappa shape index (κ2) is 4.71. The molecule has 0 spiro atoms. The third-order valence-corrected chi connectivity index (χ3v) is 4.88. The Morgan fingerprint density at radius 3 is 2.81 bits per heavy atom. The fraction of sp³-hybridized carbons (Fsp3) is 0.0625. The van der Waals surface area contributed by atoms with E-state index in [0.717, 1.165) is 42.7 Å². The van der Waals surface area contributed by atoms with Crippen LogP contribution < -0.4 is 0 Å². The third kappa shape index (κ3) is 2.12. The van der Waals surface area contributed by atoms with Gasteiger partial charge in [-0.1, -0.05) is 15.9 Å². The van der Waals surface area contributed by atoms with E-state index in [2.05, 4.69) is 48.2 Å². The van der Waals surface area contributed by atoms with Gasteiger partial charge in [0.2, 0.25) is 0 Å². The van der Waals surface area contributed by atoms with Gasteiger partial charge in [0.15, 0.2) is 5.76 Å². The maximum atomic E-state index is 5.90. The number of halogens is 2. The summed E-state index contributed by atoms with van der Waals surface area (Å²) >= 11 is 7.02. The van der Waals surface area contributed by atoms with Crippen LogP contribution in [0.5, 0.6) is 0 Å². The molecule has 0 bridgehead atoms. The minimum atomic E-state index is 0.780. The van der Waals surface area contributed by atoms with E-state index in [1.54, 1.807) is 0 Å². The van der Waals surface area contributed by atoms with Crippen LogP contribution >= 0.6 is 31.9 Å². The number of furan rings is 1. The number of hydrogen-bond acceptors (Lipinski definition) is 2. The second-order valence-corrected chi connectivity index (χ2v) is 6.68. The highest BCUT2D eigenvalue weighted by Crippen LogP contribution is 2.30. The average Bonchev–Trinajstić information content (AvgIpc) is 3.06. The van der Waals surface area contributed by atoms with E-state index in [0.29, 0.717) is 0 Å². The number of imidazole rings is 1. The summed E-state index contributed by atoms with van der Waals surface area (Å²) < 4.78 is 10.1. The van der Waals surface area contributed by atoms with Crippen LogP contribution in [0.4, 0.5) is 0 Å². The zero-order valence-corrected chi connectivity index (χ0v) is 14.3. The lowest BCUT2D eigenvalue weighted by Gasteiger charge is -2.00. The van der Waals surface area contributed by atoms with E-state index in [-0.39, 0.29) is 0 Å². The molecule has 4 aromatic rings. The highest BCUT2D eigenvalue weighted by atomic mass is 79.9. The Morgan fingerprint density at radius 1 is 1.10 bits per heavy atom. The third-order valence-electron chi connectivity index (χ3n) is 3.55. The molecular weight excluding hydrogens is 396 g/mol. The quantitative estimate of drug-likeness (QED) is 0.413. The Labute approximate surface area is 137 Å². The van der Waals surface area contributed by atoms with Gasteiger partial charge < -0.3 is 8.82 Å². The van der Waals surface area contributed by atoms with Crippen LogP contribution in [0.15, 0.2) is 56.0 Å². The lowest BCUT2D eigenvalue weighted by molar-refractivity contribution is 0.629. The highest BCUT2D eigenvalue weighted by molar-refractivity contribution is 9.10. The van der Waals surface area contributed by atoms with Gasteiger partial charge in [-0.05, 0) is 59.3 Å². The van der Waals surface area contributed by atoms with Crippen LogP contribution in [-0.4, -0.2) is 9.38 Å². The van der Waals surface area contributed by atoms with Crippen LogP contribution in [0, 0.1) is 6.92 Å². The summed E-state index contributed by atoms with van der Waals surface area (Å²) in [7, 11) is 0. The molecule has 3 aromatic heterocycles. The van der Waals surface area contributed by atoms with Crippen molar-refractivity contribution in [3.63, 3.8) is 0 Å². The molecule has 0 radical (unpaired) electrons. The van der Waals surface area contributed by atoms with E-state index >= 15 is 0 Å². The molecule has 0 aliphatic carbocycles.